The summed E-state index contributed by atoms with van der Waals surface area (Å²) in [5.41, 5.74) is 0.708. The minimum atomic E-state index is 0.0332. The fourth-order valence-corrected chi connectivity index (χ4v) is 2.86. The van der Waals surface area contributed by atoms with Gasteiger partial charge in [-0.3, -0.25) is 4.79 Å². The Morgan fingerprint density at radius 2 is 2.06 bits per heavy atom. The zero-order chi connectivity index (χ0) is 13.0. The van der Waals surface area contributed by atoms with E-state index in [0.29, 0.717) is 11.6 Å². The Hall–Kier alpha value is -0.960. The summed E-state index contributed by atoms with van der Waals surface area (Å²) in [5.74, 6) is 0.893. The summed E-state index contributed by atoms with van der Waals surface area (Å²) in [5, 5.41) is 3.13. The van der Waals surface area contributed by atoms with Crippen molar-refractivity contribution >= 4 is 18.5 Å². The largest absolute Gasteiger partial charge is 0.349 e. The Balaban J connectivity index is 1.89. The van der Waals surface area contributed by atoms with Gasteiger partial charge in [-0.25, -0.2) is 0 Å². The van der Waals surface area contributed by atoms with Crippen LogP contribution in [0.2, 0.25) is 0 Å². The van der Waals surface area contributed by atoms with Crippen LogP contribution >= 0.6 is 12.6 Å². The molecule has 3 heteroatoms. The Morgan fingerprint density at radius 3 is 2.67 bits per heavy atom. The molecule has 0 heterocycles. The first-order chi connectivity index (χ1) is 8.69. The lowest BCUT2D eigenvalue weighted by molar-refractivity contribution is 0.0921. The third kappa shape index (κ3) is 3.52. The Morgan fingerprint density at radius 1 is 1.33 bits per heavy atom. The normalized spacial score (nSPS) is 23.7. The lowest BCUT2D eigenvalue weighted by Gasteiger charge is -2.28. The predicted molar refractivity (Wildman–Crippen MR) is 77.2 cm³/mol. The van der Waals surface area contributed by atoms with Gasteiger partial charge >= 0.3 is 0 Å². The third-order valence-electron chi connectivity index (χ3n) is 3.87. The molecule has 0 unspecified atom stereocenters. The molecule has 0 bridgehead atoms. The summed E-state index contributed by atoms with van der Waals surface area (Å²) >= 11 is 4.26. The fraction of sp³-hybridized carbons (Fsp3) is 0.533. The lowest BCUT2D eigenvalue weighted by atomic mass is 9.84. The minimum absolute atomic E-state index is 0.0332. The number of carbonyl (C=O) groups excluding carboxylic acids is 1. The second-order valence-electron chi connectivity index (χ2n) is 5.15. The van der Waals surface area contributed by atoms with E-state index in [2.05, 4.69) is 24.9 Å². The standard InChI is InChI=1S/C15H21NOS/c1-2-11-6-8-13(9-7-11)16-15(17)12-4-3-5-14(18)10-12/h3-5,10-11,13,18H,2,6-9H2,1H3,(H,16,17). The van der Waals surface area contributed by atoms with Gasteiger partial charge in [-0.1, -0.05) is 19.4 Å². The zero-order valence-electron chi connectivity index (χ0n) is 10.9. The number of nitrogens with one attached hydrogen (secondary N) is 1. The molecule has 1 aromatic carbocycles. The number of thiol groups is 1. The highest BCUT2D eigenvalue weighted by molar-refractivity contribution is 7.80. The summed E-state index contributed by atoms with van der Waals surface area (Å²) in [6, 6.07) is 7.75. The Bertz CT molecular complexity index is 411. The third-order valence-corrected chi connectivity index (χ3v) is 4.15. The van der Waals surface area contributed by atoms with Crippen molar-refractivity contribution in [2.24, 2.45) is 5.92 Å². The lowest BCUT2D eigenvalue weighted by Crippen LogP contribution is -2.37. The molecule has 0 saturated heterocycles. The van der Waals surface area contributed by atoms with Crippen molar-refractivity contribution in [1.29, 1.82) is 0 Å². The van der Waals surface area contributed by atoms with Crippen LogP contribution in [0.3, 0.4) is 0 Å². The average Bonchev–Trinajstić information content (AvgIpc) is 2.39. The second kappa shape index (κ2) is 6.28. The molecule has 1 aromatic rings. The van der Waals surface area contributed by atoms with Gasteiger partial charge in [0.15, 0.2) is 0 Å². The number of hydrogen-bond donors (Lipinski definition) is 2. The van der Waals surface area contributed by atoms with Crippen molar-refractivity contribution in [3.05, 3.63) is 29.8 Å². The average molecular weight is 263 g/mol. The maximum absolute atomic E-state index is 12.1. The molecule has 1 aliphatic carbocycles. The van der Waals surface area contributed by atoms with E-state index in [1.165, 1.54) is 19.3 Å². The van der Waals surface area contributed by atoms with Gasteiger partial charge in [-0.2, -0.15) is 0 Å². The molecule has 18 heavy (non-hydrogen) atoms. The Labute approximate surface area is 115 Å². The molecule has 1 N–H and O–H groups in total. The molecule has 0 atom stereocenters. The summed E-state index contributed by atoms with van der Waals surface area (Å²) < 4.78 is 0. The molecular weight excluding hydrogens is 242 g/mol. The van der Waals surface area contributed by atoms with Crippen LogP contribution in [0.25, 0.3) is 0 Å². The van der Waals surface area contributed by atoms with Crippen molar-refractivity contribution in [1.82, 2.24) is 5.32 Å². The quantitative estimate of drug-likeness (QED) is 0.800. The van der Waals surface area contributed by atoms with E-state index >= 15 is 0 Å². The molecule has 1 saturated carbocycles. The second-order valence-corrected chi connectivity index (χ2v) is 5.67. The number of amides is 1. The van der Waals surface area contributed by atoms with Crippen molar-refractivity contribution < 1.29 is 4.79 Å². The molecule has 0 radical (unpaired) electrons. The maximum Gasteiger partial charge on any atom is 0.251 e. The number of benzene rings is 1. The van der Waals surface area contributed by atoms with Gasteiger partial charge in [0.05, 0.1) is 0 Å². The predicted octanol–water partition coefficient (Wildman–Crippen LogP) is 3.67. The molecule has 0 aliphatic heterocycles. The van der Waals surface area contributed by atoms with E-state index in [1.807, 2.05) is 24.3 Å². The monoisotopic (exact) mass is 263 g/mol. The van der Waals surface area contributed by atoms with Gasteiger partial charge in [0, 0.05) is 16.5 Å². The topological polar surface area (TPSA) is 29.1 Å². The first-order valence-corrected chi connectivity index (χ1v) is 7.23. The van der Waals surface area contributed by atoms with Crippen LogP contribution in [0.4, 0.5) is 0 Å². The van der Waals surface area contributed by atoms with Gasteiger partial charge in [0.2, 0.25) is 0 Å². The molecule has 0 spiro atoms. The van der Waals surface area contributed by atoms with Crippen molar-refractivity contribution in [2.75, 3.05) is 0 Å². The molecule has 0 aromatic heterocycles. The van der Waals surface area contributed by atoms with Crippen LogP contribution < -0.4 is 5.32 Å². The van der Waals surface area contributed by atoms with Gasteiger partial charge in [-0.05, 0) is 49.8 Å². The highest BCUT2D eigenvalue weighted by Crippen LogP contribution is 2.26. The molecule has 1 aliphatic rings. The molecule has 1 amide bonds. The van der Waals surface area contributed by atoms with Crippen LogP contribution in [-0.4, -0.2) is 11.9 Å². The smallest absolute Gasteiger partial charge is 0.251 e. The summed E-state index contributed by atoms with van der Waals surface area (Å²) in [6.45, 7) is 2.25. The van der Waals surface area contributed by atoms with Crippen molar-refractivity contribution in [2.45, 2.75) is 50.0 Å². The fourth-order valence-electron chi connectivity index (χ4n) is 2.63. The van der Waals surface area contributed by atoms with E-state index in [4.69, 9.17) is 0 Å². The Kier molecular flexibility index (Phi) is 4.70. The van der Waals surface area contributed by atoms with Crippen LogP contribution in [0.5, 0.6) is 0 Å². The SMILES string of the molecule is CCC1CCC(NC(=O)c2cccc(S)c2)CC1. The van der Waals surface area contributed by atoms with E-state index in [9.17, 15) is 4.79 Å². The summed E-state index contributed by atoms with van der Waals surface area (Å²) in [6.07, 6.45) is 5.99. The van der Waals surface area contributed by atoms with Crippen LogP contribution in [-0.2, 0) is 0 Å². The molecule has 1 fully saturated rings. The number of rotatable bonds is 3. The number of hydrogen-bond acceptors (Lipinski definition) is 2. The van der Waals surface area contributed by atoms with Crippen LogP contribution in [0.15, 0.2) is 29.2 Å². The molecule has 2 nitrogen and oxygen atoms in total. The van der Waals surface area contributed by atoms with Gasteiger partial charge in [-0.15, -0.1) is 12.6 Å². The van der Waals surface area contributed by atoms with E-state index in [-0.39, 0.29) is 5.91 Å². The van der Waals surface area contributed by atoms with Gasteiger partial charge in [0.1, 0.15) is 0 Å². The highest BCUT2D eigenvalue weighted by atomic mass is 32.1. The highest BCUT2D eigenvalue weighted by Gasteiger charge is 2.21. The minimum Gasteiger partial charge on any atom is -0.349 e. The summed E-state index contributed by atoms with van der Waals surface area (Å²) in [4.78, 5) is 12.9. The summed E-state index contributed by atoms with van der Waals surface area (Å²) in [7, 11) is 0. The van der Waals surface area contributed by atoms with Gasteiger partial charge < -0.3 is 5.32 Å². The first kappa shape index (κ1) is 13.5. The van der Waals surface area contributed by atoms with Crippen molar-refractivity contribution in [3.63, 3.8) is 0 Å². The molecule has 2 rings (SSSR count). The molecular formula is C15H21NOS. The molecule has 98 valence electrons. The first-order valence-electron chi connectivity index (χ1n) is 6.79. The van der Waals surface area contributed by atoms with Crippen molar-refractivity contribution in [3.8, 4) is 0 Å². The van der Waals surface area contributed by atoms with E-state index < -0.39 is 0 Å². The van der Waals surface area contributed by atoms with E-state index in [1.54, 1.807) is 0 Å². The van der Waals surface area contributed by atoms with Crippen LogP contribution in [0, 0.1) is 5.92 Å². The van der Waals surface area contributed by atoms with E-state index in [0.717, 1.165) is 23.7 Å². The number of carbonyl (C=O) groups is 1. The van der Waals surface area contributed by atoms with Crippen LogP contribution in [0.1, 0.15) is 49.4 Å². The zero-order valence-corrected chi connectivity index (χ0v) is 11.7. The maximum atomic E-state index is 12.1. The van der Waals surface area contributed by atoms with Gasteiger partial charge in [0.25, 0.3) is 5.91 Å².